The summed E-state index contributed by atoms with van der Waals surface area (Å²) in [6.45, 7) is 4.36. The average molecular weight is 259 g/mol. The summed E-state index contributed by atoms with van der Waals surface area (Å²) in [5.74, 6) is 0.848. The van der Waals surface area contributed by atoms with Gasteiger partial charge in [0, 0.05) is 31.4 Å². The summed E-state index contributed by atoms with van der Waals surface area (Å²) >= 11 is 0. The Bertz CT molecular complexity index is 412. The minimum absolute atomic E-state index is 0.556. The largest absolute Gasteiger partial charge is 0.354 e. The van der Waals surface area contributed by atoms with E-state index in [1.165, 1.54) is 24.8 Å². The number of aryl methyl sites for hydroxylation is 1. The van der Waals surface area contributed by atoms with Crippen LogP contribution in [0.1, 0.15) is 57.1 Å². The molecule has 0 aliphatic heterocycles. The van der Waals surface area contributed by atoms with E-state index in [0.29, 0.717) is 12.5 Å². The normalized spacial score (nSPS) is 16.2. The van der Waals surface area contributed by atoms with E-state index in [-0.39, 0.29) is 0 Å². The van der Waals surface area contributed by atoms with Crippen LogP contribution in [0.25, 0.3) is 0 Å². The lowest BCUT2D eigenvalue weighted by Crippen LogP contribution is -2.23. The molecule has 104 valence electrons. The number of aromatic nitrogens is 1. The number of nitrogens with one attached hydrogen (secondary N) is 1. The number of nitrogens with zero attached hydrogens (tertiary/aromatic N) is 2. The number of unbranched alkanes of at least 4 members (excludes halogenated alkanes) is 2. The summed E-state index contributed by atoms with van der Waals surface area (Å²) in [6.07, 6.45) is 11.2. The molecule has 1 fully saturated rings. The van der Waals surface area contributed by atoms with Gasteiger partial charge in [-0.15, -0.1) is 0 Å². The van der Waals surface area contributed by atoms with Gasteiger partial charge in [0.25, 0.3) is 0 Å². The predicted octanol–water partition coefficient (Wildman–Crippen LogP) is 3.63. The van der Waals surface area contributed by atoms with Gasteiger partial charge in [0.15, 0.2) is 0 Å². The summed E-state index contributed by atoms with van der Waals surface area (Å²) < 4.78 is 2.27. The quantitative estimate of drug-likeness (QED) is 0.688. The van der Waals surface area contributed by atoms with E-state index in [1.807, 2.05) is 0 Å². The molecule has 1 N–H and O–H groups in total. The summed E-state index contributed by atoms with van der Waals surface area (Å²) in [4.78, 5) is 0. The highest BCUT2D eigenvalue weighted by Crippen LogP contribution is 2.41. The predicted molar refractivity (Wildman–Crippen MR) is 77.7 cm³/mol. The summed E-state index contributed by atoms with van der Waals surface area (Å²) in [5, 5.41) is 12.2. The molecule has 1 atom stereocenters. The molecule has 19 heavy (non-hydrogen) atoms. The molecule has 0 amide bonds. The van der Waals surface area contributed by atoms with Crippen LogP contribution in [0.4, 0.5) is 0 Å². The zero-order valence-corrected chi connectivity index (χ0v) is 11.9. The molecule has 3 heteroatoms. The highest BCUT2D eigenvalue weighted by atomic mass is 15.0. The Kier molecular flexibility index (Phi) is 5.47. The topological polar surface area (TPSA) is 40.8 Å². The minimum Gasteiger partial charge on any atom is -0.354 e. The van der Waals surface area contributed by atoms with Crippen molar-refractivity contribution >= 4 is 0 Å². The zero-order valence-electron chi connectivity index (χ0n) is 11.9. The van der Waals surface area contributed by atoms with Gasteiger partial charge in [-0.1, -0.05) is 6.92 Å². The van der Waals surface area contributed by atoms with E-state index in [0.717, 1.165) is 31.8 Å². The van der Waals surface area contributed by atoms with E-state index in [2.05, 4.69) is 41.3 Å². The van der Waals surface area contributed by atoms with Crippen molar-refractivity contribution < 1.29 is 0 Å². The molecule has 1 aromatic rings. The van der Waals surface area contributed by atoms with Crippen molar-refractivity contribution in [3.63, 3.8) is 0 Å². The molecule has 1 aliphatic rings. The molecule has 1 saturated carbocycles. The Morgan fingerprint density at radius 2 is 2.32 bits per heavy atom. The SMILES string of the molecule is CCCNC(c1ccn(CCCCC#N)c1)C1CC1. The smallest absolute Gasteiger partial charge is 0.0621 e. The molecular weight excluding hydrogens is 234 g/mol. The molecule has 1 aromatic heterocycles. The third-order valence-corrected chi connectivity index (χ3v) is 3.80. The Balaban J connectivity index is 1.85. The molecule has 1 heterocycles. The van der Waals surface area contributed by atoms with Crippen LogP contribution in [0.2, 0.25) is 0 Å². The highest BCUT2D eigenvalue weighted by Gasteiger charge is 2.32. The first kappa shape index (κ1) is 14.1. The first-order valence-electron chi connectivity index (χ1n) is 7.61. The van der Waals surface area contributed by atoms with E-state index in [4.69, 9.17) is 5.26 Å². The van der Waals surface area contributed by atoms with Crippen LogP contribution in [0.5, 0.6) is 0 Å². The molecule has 0 radical (unpaired) electrons. The maximum absolute atomic E-state index is 8.53. The lowest BCUT2D eigenvalue weighted by Gasteiger charge is -2.16. The van der Waals surface area contributed by atoms with Gasteiger partial charge in [0.2, 0.25) is 0 Å². The fourth-order valence-electron chi connectivity index (χ4n) is 2.57. The summed E-state index contributed by atoms with van der Waals surface area (Å²) in [7, 11) is 0. The standard InChI is InChI=1S/C16H25N3/c1-2-10-18-16(14-6-7-14)15-8-12-19(13-15)11-5-3-4-9-17/h8,12-14,16,18H,2-7,10-11H2,1H3. The Morgan fingerprint density at radius 3 is 3.00 bits per heavy atom. The van der Waals surface area contributed by atoms with Crippen LogP contribution in [0.3, 0.4) is 0 Å². The lowest BCUT2D eigenvalue weighted by molar-refractivity contribution is 0.480. The van der Waals surface area contributed by atoms with Crippen molar-refractivity contribution in [1.29, 1.82) is 5.26 Å². The third-order valence-electron chi connectivity index (χ3n) is 3.80. The number of nitriles is 1. The van der Waals surface area contributed by atoms with Crippen molar-refractivity contribution in [3.8, 4) is 6.07 Å². The van der Waals surface area contributed by atoms with Gasteiger partial charge in [-0.25, -0.2) is 0 Å². The molecule has 1 unspecified atom stereocenters. The Morgan fingerprint density at radius 1 is 1.47 bits per heavy atom. The molecule has 0 aromatic carbocycles. The van der Waals surface area contributed by atoms with Crippen molar-refractivity contribution in [2.24, 2.45) is 5.92 Å². The second-order valence-electron chi connectivity index (χ2n) is 5.57. The monoisotopic (exact) mass is 259 g/mol. The van der Waals surface area contributed by atoms with Crippen LogP contribution < -0.4 is 5.32 Å². The number of hydrogen-bond donors (Lipinski definition) is 1. The van der Waals surface area contributed by atoms with Crippen molar-refractivity contribution in [2.45, 2.75) is 58.0 Å². The maximum atomic E-state index is 8.53. The summed E-state index contributed by atoms with van der Waals surface area (Å²) in [5.41, 5.74) is 1.44. The van der Waals surface area contributed by atoms with Gasteiger partial charge >= 0.3 is 0 Å². The molecule has 2 rings (SSSR count). The summed E-state index contributed by atoms with van der Waals surface area (Å²) in [6, 6.07) is 5.02. The average Bonchev–Trinajstić information content (AvgIpc) is 3.15. The molecular formula is C16H25N3. The first-order valence-corrected chi connectivity index (χ1v) is 7.61. The fourth-order valence-corrected chi connectivity index (χ4v) is 2.57. The van der Waals surface area contributed by atoms with Crippen LogP contribution in [0, 0.1) is 17.2 Å². The minimum atomic E-state index is 0.556. The number of rotatable bonds is 9. The van der Waals surface area contributed by atoms with E-state index in [1.54, 1.807) is 0 Å². The van der Waals surface area contributed by atoms with Crippen molar-refractivity contribution in [3.05, 3.63) is 24.0 Å². The maximum Gasteiger partial charge on any atom is 0.0621 e. The van der Waals surface area contributed by atoms with Crippen molar-refractivity contribution in [1.82, 2.24) is 9.88 Å². The molecule has 3 nitrogen and oxygen atoms in total. The van der Waals surface area contributed by atoms with Gasteiger partial charge < -0.3 is 9.88 Å². The van der Waals surface area contributed by atoms with Gasteiger partial charge in [-0.05, 0) is 56.2 Å². The molecule has 1 aliphatic carbocycles. The molecule has 0 saturated heterocycles. The zero-order chi connectivity index (χ0) is 13.5. The van der Waals surface area contributed by atoms with Gasteiger partial charge in [0.05, 0.1) is 6.07 Å². The van der Waals surface area contributed by atoms with Gasteiger partial charge in [-0.3, -0.25) is 0 Å². The lowest BCUT2D eigenvalue weighted by atomic mass is 10.1. The second-order valence-corrected chi connectivity index (χ2v) is 5.57. The Hall–Kier alpha value is -1.27. The highest BCUT2D eigenvalue weighted by molar-refractivity contribution is 5.18. The third kappa shape index (κ3) is 4.40. The van der Waals surface area contributed by atoms with Crippen molar-refractivity contribution in [2.75, 3.05) is 6.54 Å². The van der Waals surface area contributed by atoms with E-state index < -0.39 is 0 Å². The number of hydrogen-bond acceptors (Lipinski definition) is 2. The van der Waals surface area contributed by atoms with E-state index in [9.17, 15) is 0 Å². The molecule has 0 bridgehead atoms. The first-order chi connectivity index (χ1) is 9.35. The fraction of sp³-hybridized carbons (Fsp3) is 0.688. The Labute approximate surface area is 116 Å². The van der Waals surface area contributed by atoms with Crippen LogP contribution in [0.15, 0.2) is 18.5 Å². The van der Waals surface area contributed by atoms with Crippen LogP contribution in [-0.4, -0.2) is 11.1 Å². The van der Waals surface area contributed by atoms with Gasteiger partial charge in [-0.2, -0.15) is 5.26 Å². The molecule has 0 spiro atoms. The van der Waals surface area contributed by atoms with Crippen LogP contribution >= 0.6 is 0 Å². The van der Waals surface area contributed by atoms with Crippen LogP contribution in [-0.2, 0) is 6.54 Å². The van der Waals surface area contributed by atoms with E-state index >= 15 is 0 Å². The van der Waals surface area contributed by atoms with Gasteiger partial charge in [0.1, 0.15) is 0 Å². The second kappa shape index (κ2) is 7.35.